The smallest absolute Gasteiger partial charge is 0.103 e. The Balaban J connectivity index is 2.39. The minimum Gasteiger partial charge on any atom is -0.383 e. The number of aromatic nitrogens is 1. The van der Waals surface area contributed by atoms with Crippen molar-refractivity contribution in [2.24, 2.45) is 5.92 Å². The quantitative estimate of drug-likeness (QED) is 0.799. The van der Waals surface area contributed by atoms with Gasteiger partial charge in [-0.25, -0.2) is 0 Å². The summed E-state index contributed by atoms with van der Waals surface area (Å²) < 4.78 is 5.24. The van der Waals surface area contributed by atoms with Crippen molar-refractivity contribution in [2.75, 3.05) is 25.2 Å². The van der Waals surface area contributed by atoms with Crippen LogP contribution in [0.15, 0.2) is 6.07 Å². The second-order valence-electron chi connectivity index (χ2n) is 5.62. The van der Waals surface area contributed by atoms with Gasteiger partial charge in [-0.1, -0.05) is 0 Å². The zero-order valence-electron chi connectivity index (χ0n) is 12.8. The Morgan fingerprint density at radius 2 is 2.20 bits per heavy atom. The van der Waals surface area contributed by atoms with E-state index in [0.29, 0.717) is 18.2 Å². The molecule has 0 amide bonds. The second-order valence-corrected chi connectivity index (χ2v) is 5.62. The van der Waals surface area contributed by atoms with Gasteiger partial charge in [0.15, 0.2) is 0 Å². The molecule has 0 bridgehead atoms. The highest BCUT2D eigenvalue weighted by Gasteiger charge is 2.33. The molecule has 2 rings (SSSR count). The first-order valence-electron chi connectivity index (χ1n) is 7.22. The summed E-state index contributed by atoms with van der Waals surface area (Å²) in [5.41, 5.74) is 3.47. The van der Waals surface area contributed by atoms with E-state index in [9.17, 15) is 5.26 Å². The predicted molar refractivity (Wildman–Crippen MR) is 79.8 cm³/mol. The maximum absolute atomic E-state index is 9.45. The average molecular weight is 273 g/mol. The molecule has 1 heterocycles. The van der Waals surface area contributed by atoms with E-state index in [1.165, 1.54) is 12.8 Å². The molecule has 4 heteroatoms. The molecule has 4 nitrogen and oxygen atoms in total. The molecule has 0 radical (unpaired) electrons. The summed E-state index contributed by atoms with van der Waals surface area (Å²) in [5.74, 6) is 0.743. The lowest BCUT2D eigenvalue weighted by molar-refractivity contribution is 0.202. The van der Waals surface area contributed by atoms with Gasteiger partial charge >= 0.3 is 0 Å². The number of hydrogen-bond acceptors (Lipinski definition) is 4. The number of rotatable bonds is 6. The van der Waals surface area contributed by atoms with Crippen molar-refractivity contribution in [3.63, 3.8) is 0 Å². The van der Waals surface area contributed by atoms with Crippen molar-refractivity contribution in [3.8, 4) is 6.07 Å². The summed E-state index contributed by atoms with van der Waals surface area (Å²) in [5, 5.41) is 9.45. The fourth-order valence-corrected chi connectivity index (χ4v) is 2.74. The number of pyridine rings is 1. The minimum atomic E-state index is 0.443. The van der Waals surface area contributed by atoms with Crippen LogP contribution in [0, 0.1) is 31.1 Å². The summed E-state index contributed by atoms with van der Waals surface area (Å²) >= 11 is 0. The predicted octanol–water partition coefficient (Wildman–Crippen LogP) is 2.82. The molecule has 1 aromatic rings. The molecule has 0 spiro atoms. The van der Waals surface area contributed by atoms with Crippen LogP contribution in [-0.4, -0.2) is 31.3 Å². The van der Waals surface area contributed by atoms with E-state index in [1.807, 2.05) is 19.9 Å². The molecule has 0 aromatic carbocycles. The highest BCUT2D eigenvalue weighted by atomic mass is 16.5. The third-order valence-corrected chi connectivity index (χ3v) is 4.06. The van der Waals surface area contributed by atoms with Gasteiger partial charge in [0.05, 0.1) is 23.6 Å². The van der Waals surface area contributed by atoms with Crippen LogP contribution in [0.4, 0.5) is 5.69 Å². The fraction of sp³-hybridized carbons (Fsp3) is 0.625. The van der Waals surface area contributed by atoms with Crippen molar-refractivity contribution in [1.29, 1.82) is 5.26 Å². The number of ether oxygens (including phenoxy) is 1. The molecular formula is C16H23N3O. The van der Waals surface area contributed by atoms with Gasteiger partial charge in [0.2, 0.25) is 0 Å². The molecule has 1 atom stereocenters. The van der Waals surface area contributed by atoms with Gasteiger partial charge < -0.3 is 9.64 Å². The lowest BCUT2D eigenvalue weighted by Gasteiger charge is -2.32. The molecule has 0 N–H and O–H groups in total. The number of aryl methyl sites for hydroxylation is 2. The van der Waals surface area contributed by atoms with E-state index >= 15 is 0 Å². The molecule has 1 aliphatic carbocycles. The molecule has 0 saturated heterocycles. The lowest BCUT2D eigenvalue weighted by Crippen LogP contribution is -2.38. The first-order chi connectivity index (χ1) is 9.58. The van der Waals surface area contributed by atoms with Gasteiger partial charge in [0, 0.05) is 25.4 Å². The van der Waals surface area contributed by atoms with Crippen LogP contribution in [0.25, 0.3) is 0 Å². The maximum Gasteiger partial charge on any atom is 0.103 e. The van der Waals surface area contributed by atoms with E-state index in [1.54, 1.807) is 7.11 Å². The average Bonchev–Trinajstić information content (AvgIpc) is 3.22. The molecule has 0 aliphatic heterocycles. The van der Waals surface area contributed by atoms with Crippen LogP contribution in [-0.2, 0) is 4.74 Å². The van der Waals surface area contributed by atoms with Gasteiger partial charge in [0.1, 0.15) is 6.07 Å². The van der Waals surface area contributed by atoms with E-state index in [0.717, 1.165) is 29.5 Å². The molecule has 1 aromatic heterocycles. The third-order valence-electron chi connectivity index (χ3n) is 4.06. The largest absolute Gasteiger partial charge is 0.383 e. The molecule has 1 saturated carbocycles. The molecule has 1 unspecified atom stereocenters. The fourth-order valence-electron chi connectivity index (χ4n) is 2.74. The summed E-state index contributed by atoms with van der Waals surface area (Å²) in [6.45, 7) is 7.62. The van der Waals surface area contributed by atoms with E-state index in [4.69, 9.17) is 4.74 Å². The van der Waals surface area contributed by atoms with Crippen LogP contribution in [0.2, 0.25) is 0 Å². The van der Waals surface area contributed by atoms with Crippen LogP contribution < -0.4 is 4.90 Å². The minimum absolute atomic E-state index is 0.443. The topological polar surface area (TPSA) is 49.1 Å². The maximum atomic E-state index is 9.45. The van der Waals surface area contributed by atoms with Crippen molar-refractivity contribution in [2.45, 2.75) is 39.7 Å². The summed E-state index contributed by atoms with van der Waals surface area (Å²) in [4.78, 5) is 6.73. The number of methoxy groups -OCH3 is 1. The first-order valence-corrected chi connectivity index (χ1v) is 7.22. The lowest BCUT2D eigenvalue weighted by atomic mass is 10.1. The normalized spacial score (nSPS) is 15.8. The Morgan fingerprint density at radius 3 is 2.75 bits per heavy atom. The molecule has 1 fully saturated rings. The third kappa shape index (κ3) is 3.10. The number of hydrogen-bond donors (Lipinski definition) is 0. The Hall–Kier alpha value is -1.60. The van der Waals surface area contributed by atoms with Crippen molar-refractivity contribution < 1.29 is 4.74 Å². The second kappa shape index (κ2) is 6.23. The van der Waals surface area contributed by atoms with Crippen LogP contribution in [0.5, 0.6) is 0 Å². The number of nitrogens with zero attached hydrogens (tertiary/aromatic N) is 3. The molecule has 1 aliphatic rings. The van der Waals surface area contributed by atoms with Gasteiger partial charge in [-0.15, -0.1) is 0 Å². The van der Waals surface area contributed by atoms with Crippen molar-refractivity contribution >= 4 is 5.69 Å². The van der Waals surface area contributed by atoms with Gasteiger partial charge in [0.25, 0.3) is 0 Å². The molecule has 108 valence electrons. The van der Waals surface area contributed by atoms with E-state index in [2.05, 4.69) is 22.9 Å². The van der Waals surface area contributed by atoms with Crippen molar-refractivity contribution in [1.82, 2.24) is 4.98 Å². The SMILES string of the molecule is COCCN(c1cc(C)nc(C)c1C#N)C(C)C1CC1. The highest BCUT2D eigenvalue weighted by molar-refractivity contribution is 5.62. The molecule has 20 heavy (non-hydrogen) atoms. The van der Waals surface area contributed by atoms with E-state index in [-0.39, 0.29) is 0 Å². The summed E-state index contributed by atoms with van der Waals surface area (Å²) in [6.07, 6.45) is 2.57. The highest BCUT2D eigenvalue weighted by Crippen LogP contribution is 2.38. The van der Waals surface area contributed by atoms with Crippen molar-refractivity contribution in [3.05, 3.63) is 23.0 Å². The summed E-state index contributed by atoms with van der Waals surface area (Å²) in [7, 11) is 1.72. The van der Waals surface area contributed by atoms with Crippen LogP contribution >= 0.6 is 0 Å². The Bertz CT molecular complexity index is 517. The Labute approximate surface area is 121 Å². The van der Waals surface area contributed by atoms with Crippen LogP contribution in [0.1, 0.15) is 36.7 Å². The first kappa shape index (κ1) is 14.8. The number of anilines is 1. The van der Waals surface area contributed by atoms with Gasteiger partial charge in [-0.05, 0) is 45.6 Å². The Kier molecular flexibility index (Phi) is 4.61. The van der Waals surface area contributed by atoms with Gasteiger partial charge in [-0.3, -0.25) is 4.98 Å². The zero-order valence-corrected chi connectivity index (χ0v) is 12.8. The number of nitriles is 1. The standard InChI is InChI=1S/C16H23N3O/c1-11-9-16(15(10-17)12(2)18-11)19(7-8-20-4)13(3)14-5-6-14/h9,13-14H,5-8H2,1-4H3. The monoisotopic (exact) mass is 273 g/mol. The molecular weight excluding hydrogens is 250 g/mol. The van der Waals surface area contributed by atoms with E-state index < -0.39 is 0 Å². The van der Waals surface area contributed by atoms with Gasteiger partial charge in [-0.2, -0.15) is 5.26 Å². The zero-order chi connectivity index (χ0) is 14.7. The summed E-state index contributed by atoms with van der Waals surface area (Å²) in [6, 6.07) is 4.79. The Morgan fingerprint density at radius 1 is 1.50 bits per heavy atom. The van der Waals surface area contributed by atoms with Crippen LogP contribution in [0.3, 0.4) is 0 Å².